The molecule has 156 valence electrons. The molecule has 0 spiro atoms. The molecule has 0 saturated heterocycles. The molecule has 7 nitrogen and oxygen atoms in total. The molecule has 31 heavy (non-hydrogen) atoms. The van der Waals surface area contributed by atoms with Crippen LogP contribution in [0.3, 0.4) is 0 Å². The molecule has 0 fully saturated rings. The second-order valence-corrected chi connectivity index (χ2v) is 6.74. The van der Waals surface area contributed by atoms with Crippen molar-refractivity contribution in [1.29, 1.82) is 0 Å². The third-order valence-corrected chi connectivity index (χ3v) is 4.88. The average Bonchev–Trinajstić information content (AvgIpc) is 2.84. The van der Waals surface area contributed by atoms with Gasteiger partial charge in [0.25, 0.3) is 0 Å². The molecule has 0 unspecified atom stereocenters. The molecule has 0 radical (unpaired) electrons. The van der Waals surface area contributed by atoms with Gasteiger partial charge in [0.05, 0.1) is 0 Å². The lowest BCUT2D eigenvalue weighted by atomic mass is 9.90. The van der Waals surface area contributed by atoms with Crippen LogP contribution in [-0.2, 0) is 6.54 Å². The van der Waals surface area contributed by atoms with Gasteiger partial charge >= 0.3 is 0 Å². The second kappa shape index (κ2) is 9.62. The minimum Gasteiger partial charge on any atom is -0.394 e. The van der Waals surface area contributed by atoms with Gasteiger partial charge < -0.3 is 11.1 Å². The highest BCUT2D eigenvalue weighted by Crippen LogP contribution is 2.23. The van der Waals surface area contributed by atoms with Gasteiger partial charge in [0, 0.05) is 28.8 Å². The van der Waals surface area contributed by atoms with E-state index in [4.69, 9.17) is 10.9 Å². The monoisotopic (exact) mass is 416 g/mol. The molecular weight excluding hydrogens is 394 g/mol. The van der Waals surface area contributed by atoms with Crippen LogP contribution in [0.15, 0.2) is 90.3 Å². The molecule has 3 aromatic rings. The van der Waals surface area contributed by atoms with Crippen molar-refractivity contribution in [3.8, 4) is 0 Å². The van der Waals surface area contributed by atoms with Crippen LogP contribution in [0.4, 0.5) is 0 Å². The van der Waals surface area contributed by atoms with Crippen LogP contribution in [0.1, 0.15) is 42.2 Å². The summed E-state index contributed by atoms with van der Waals surface area (Å²) in [5.41, 5.74) is 8.68. The Bertz CT molecular complexity index is 1150. The number of hydrogen-bond donors (Lipinski definition) is 4. The Kier molecular flexibility index (Phi) is 6.71. The third kappa shape index (κ3) is 4.42. The lowest BCUT2D eigenvalue weighted by molar-refractivity contribution is -0.670. The molecule has 0 amide bonds. The van der Waals surface area contributed by atoms with E-state index in [0.717, 1.165) is 5.56 Å². The summed E-state index contributed by atoms with van der Waals surface area (Å²) in [6.45, 7) is 0.303. The van der Waals surface area contributed by atoms with Gasteiger partial charge in [-0.2, -0.15) is 0 Å². The smallest absolute Gasteiger partial charge is 0.211 e. The van der Waals surface area contributed by atoms with Gasteiger partial charge in [0.15, 0.2) is 5.78 Å². The minimum absolute atomic E-state index is 0.0540. The van der Waals surface area contributed by atoms with Gasteiger partial charge in [0.1, 0.15) is 11.4 Å². The van der Waals surface area contributed by atoms with Crippen molar-refractivity contribution in [2.24, 2.45) is 5.73 Å². The Morgan fingerprint density at radius 3 is 1.90 bits per heavy atom. The molecule has 4 rings (SSSR count). The highest BCUT2D eigenvalue weighted by Gasteiger charge is 2.30. The number of carbonyl (C=O) groups excluding carboxylic acids is 3. The summed E-state index contributed by atoms with van der Waals surface area (Å²) in [4.78, 5) is 37.6. The van der Waals surface area contributed by atoms with Gasteiger partial charge in [0.2, 0.25) is 11.6 Å². The number of nitrogens with one attached hydrogen (secondary N) is 1. The van der Waals surface area contributed by atoms with Gasteiger partial charge in [-0.15, -0.1) is 0 Å². The van der Waals surface area contributed by atoms with Gasteiger partial charge in [-0.25, -0.2) is 11.1 Å². The van der Waals surface area contributed by atoms with E-state index < -0.39 is 0 Å². The molecule has 3 aromatic carbocycles. The van der Waals surface area contributed by atoms with E-state index in [1.807, 2.05) is 30.3 Å². The number of nitrogens with two attached hydrogens (primary N) is 1. The Morgan fingerprint density at radius 2 is 1.29 bits per heavy atom. The van der Waals surface area contributed by atoms with Gasteiger partial charge in [-0.1, -0.05) is 78.9 Å². The van der Waals surface area contributed by atoms with Crippen molar-refractivity contribution in [2.45, 2.75) is 6.54 Å². The summed E-state index contributed by atoms with van der Waals surface area (Å²) in [6.07, 6.45) is 0. The zero-order valence-electron chi connectivity index (χ0n) is 16.7. The van der Waals surface area contributed by atoms with Crippen LogP contribution >= 0.6 is 0 Å². The SMILES string of the molecule is NC1=C(NCc2ccc(C(=O)c3ccccc3)cc2)C(=O)c2ccccc2C1=O.[NH3+]O. The Morgan fingerprint density at radius 1 is 0.774 bits per heavy atom. The average molecular weight is 416 g/mol. The largest absolute Gasteiger partial charge is 0.394 e. The fourth-order valence-corrected chi connectivity index (χ4v) is 3.29. The normalized spacial score (nSPS) is 12.6. The summed E-state index contributed by atoms with van der Waals surface area (Å²) in [5.74, 6) is 1.54. The number of ketones is 3. The standard InChI is InChI=1S/C24H18N2O3.H4NO/c25-20-21(24(29)19-9-5-4-8-18(19)23(20)28)26-14-15-10-12-17(13-11-15)22(27)16-6-2-1-3-7-16;1-2/h1-13,26H,14,25H2;2H,1H3/q;+1. The quantitative estimate of drug-likeness (QED) is 0.370. The van der Waals surface area contributed by atoms with Crippen LogP contribution in [0.5, 0.6) is 0 Å². The highest BCUT2D eigenvalue weighted by atomic mass is 16.4. The molecule has 0 atom stereocenters. The van der Waals surface area contributed by atoms with E-state index in [0.29, 0.717) is 28.8 Å². The maximum atomic E-state index is 12.7. The van der Waals surface area contributed by atoms with E-state index >= 15 is 0 Å². The van der Waals surface area contributed by atoms with Crippen LogP contribution in [0.2, 0.25) is 0 Å². The summed E-state index contributed by atoms with van der Waals surface area (Å²) in [6, 6.07) is 22.8. The van der Waals surface area contributed by atoms with Crippen LogP contribution in [0, 0.1) is 0 Å². The van der Waals surface area contributed by atoms with Crippen molar-refractivity contribution in [2.75, 3.05) is 0 Å². The van der Waals surface area contributed by atoms with E-state index in [1.54, 1.807) is 48.5 Å². The number of fused-ring (bicyclic) bond motifs is 1. The Labute approximate surface area is 179 Å². The predicted molar refractivity (Wildman–Crippen MR) is 114 cm³/mol. The number of carbonyl (C=O) groups is 3. The number of hydrogen-bond acceptors (Lipinski definition) is 6. The highest BCUT2D eigenvalue weighted by molar-refractivity contribution is 6.26. The Balaban J connectivity index is 0.00000132. The van der Waals surface area contributed by atoms with Gasteiger partial charge in [-0.05, 0) is 5.56 Å². The lowest BCUT2D eigenvalue weighted by Gasteiger charge is -2.19. The van der Waals surface area contributed by atoms with E-state index in [-0.39, 0.29) is 28.7 Å². The first-order valence-electron chi connectivity index (χ1n) is 9.48. The molecule has 1 aliphatic rings. The lowest BCUT2D eigenvalue weighted by Crippen LogP contribution is -2.42. The molecule has 7 N–H and O–H groups in total. The summed E-state index contributed by atoms with van der Waals surface area (Å²) in [5, 5.41) is 9.74. The molecule has 0 aliphatic heterocycles. The third-order valence-electron chi connectivity index (χ3n) is 4.88. The number of benzene rings is 3. The first-order valence-corrected chi connectivity index (χ1v) is 9.48. The molecule has 1 aliphatic carbocycles. The van der Waals surface area contributed by atoms with Crippen LogP contribution in [-0.4, -0.2) is 22.6 Å². The first-order chi connectivity index (χ1) is 15.1. The fourth-order valence-electron chi connectivity index (χ4n) is 3.29. The maximum Gasteiger partial charge on any atom is 0.211 e. The molecule has 0 bridgehead atoms. The number of allylic oxidation sites excluding steroid dienone is 2. The van der Waals surface area contributed by atoms with E-state index in [9.17, 15) is 14.4 Å². The van der Waals surface area contributed by atoms with Crippen molar-refractivity contribution < 1.29 is 25.5 Å². The van der Waals surface area contributed by atoms with Crippen molar-refractivity contribution in [1.82, 2.24) is 5.32 Å². The van der Waals surface area contributed by atoms with E-state index in [1.165, 1.54) is 0 Å². The van der Waals surface area contributed by atoms with Crippen LogP contribution < -0.4 is 16.9 Å². The zero-order chi connectivity index (χ0) is 22.4. The number of rotatable bonds is 5. The summed E-state index contributed by atoms with van der Waals surface area (Å²) < 4.78 is 0. The first kappa shape index (κ1) is 21.6. The van der Waals surface area contributed by atoms with Crippen molar-refractivity contribution >= 4 is 17.3 Å². The molecule has 7 heteroatoms. The maximum absolute atomic E-state index is 12.7. The summed E-state index contributed by atoms with van der Waals surface area (Å²) >= 11 is 0. The van der Waals surface area contributed by atoms with Crippen molar-refractivity contribution in [3.05, 3.63) is 118 Å². The topological polar surface area (TPSA) is 137 Å². The Hall–Kier alpha value is -4.07. The molecule has 0 saturated carbocycles. The second-order valence-electron chi connectivity index (χ2n) is 6.74. The molecule has 0 aromatic heterocycles. The van der Waals surface area contributed by atoms with E-state index in [2.05, 4.69) is 11.2 Å². The van der Waals surface area contributed by atoms with Crippen LogP contribution in [0.25, 0.3) is 0 Å². The van der Waals surface area contributed by atoms with Gasteiger partial charge in [-0.3, -0.25) is 14.4 Å². The molecule has 0 heterocycles. The summed E-state index contributed by atoms with van der Waals surface area (Å²) in [7, 11) is 0. The minimum atomic E-state index is -0.355. The predicted octanol–water partition coefficient (Wildman–Crippen LogP) is 1.87. The number of Topliss-reactive ketones (excluding diaryl/α,β-unsaturated/α-hetero) is 2. The fraction of sp³-hybridized carbons (Fsp3) is 0.0417. The molecular formula is C24H22N3O4+. The zero-order valence-corrected chi connectivity index (χ0v) is 16.7. The van der Waals surface area contributed by atoms with Crippen molar-refractivity contribution in [3.63, 3.8) is 0 Å². The number of quaternary nitrogens is 1.